The van der Waals surface area contributed by atoms with Crippen LogP contribution in [0, 0.1) is 25.5 Å². The van der Waals surface area contributed by atoms with Crippen LogP contribution in [0.3, 0.4) is 0 Å². The molecule has 0 aliphatic heterocycles. The van der Waals surface area contributed by atoms with Crippen LogP contribution in [-0.2, 0) is 10.0 Å². The van der Waals surface area contributed by atoms with E-state index in [2.05, 4.69) is 10.0 Å². The van der Waals surface area contributed by atoms with Crippen molar-refractivity contribution in [3.05, 3.63) is 89.0 Å². The average molecular weight is 416 g/mol. The monoisotopic (exact) mass is 416 g/mol. The Balaban J connectivity index is 1.81. The third-order valence-corrected chi connectivity index (χ3v) is 5.58. The molecule has 0 saturated carbocycles. The Kier molecular flexibility index (Phi) is 5.65. The first kappa shape index (κ1) is 20.5. The van der Waals surface area contributed by atoms with Gasteiger partial charge in [-0.05, 0) is 67.4 Å². The number of hydrogen-bond acceptors (Lipinski definition) is 3. The molecule has 29 heavy (non-hydrogen) atoms. The summed E-state index contributed by atoms with van der Waals surface area (Å²) in [5.74, 6) is -1.81. The number of aryl methyl sites for hydroxylation is 2. The topological polar surface area (TPSA) is 75.3 Å². The Bertz CT molecular complexity index is 1190. The van der Waals surface area contributed by atoms with Gasteiger partial charge in [0.2, 0.25) is 0 Å². The van der Waals surface area contributed by atoms with Gasteiger partial charge in [0.1, 0.15) is 11.6 Å². The zero-order chi connectivity index (χ0) is 21.2. The molecule has 0 fully saturated rings. The van der Waals surface area contributed by atoms with Crippen LogP contribution in [0.25, 0.3) is 0 Å². The largest absolute Gasteiger partial charge is 0.319 e. The molecule has 8 heteroatoms. The van der Waals surface area contributed by atoms with Gasteiger partial charge in [-0.15, -0.1) is 0 Å². The SMILES string of the molecule is Cc1ccc(NC(=O)c2cccc(NS(=O)(=O)c3ccc(C)c(F)c3)c2)c(F)c1. The maximum Gasteiger partial charge on any atom is 0.261 e. The molecule has 0 radical (unpaired) electrons. The summed E-state index contributed by atoms with van der Waals surface area (Å²) in [6.07, 6.45) is 0. The smallest absolute Gasteiger partial charge is 0.261 e. The summed E-state index contributed by atoms with van der Waals surface area (Å²) in [6, 6.07) is 13.7. The van der Waals surface area contributed by atoms with Gasteiger partial charge < -0.3 is 5.32 Å². The summed E-state index contributed by atoms with van der Waals surface area (Å²) in [7, 11) is -4.05. The van der Waals surface area contributed by atoms with Crippen molar-refractivity contribution < 1.29 is 22.0 Å². The maximum atomic E-state index is 13.9. The molecule has 0 bridgehead atoms. The van der Waals surface area contributed by atoms with Crippen LogP contribution in [0.5, 0.6) is 0 Å². The van der Waals surface area contributed by atoms with Crippen LogP contribution in [0.15, 0.2) is 65.6 Å². The predicted octanol–water partition coefficient (Wildman–Crippen LogP) is 4.63. The molecule has 0 unspecified atom stereocenters. The Labute approximate surface area is 167 Å². The van der Waals surface area contributed by atoms with Crippen molar-refractivity contribution in [2.45, 2.75) is 18.7 Å². The van der Waals surface area contributed by atoms with Crippen LogP contribution >= 0.6 is 0 Å². The zero-order valence-corrected chi connectivity index (χ0v) is 16.5. The first-order chi connectivity index (χ1) is 13.7. The highest BCUT2D eigenvalue weighted by Gasteiger charge is 2.17. The number of anilines is 2. The van der Waals surface area contributed by atoms with Gasteiger partial charge >= 0.3 is 0 Å². The van der Waals surface area contributed by atoms with E-state index in [9.17, 15) is 22.0 Å². The highest BCUT2D eigenvalue weighted by Crippen LogP contribution is 2.21. The van der Waals surface area contributed by atoms with E-state index in [4.69, 9.17) is 0 Å². The summed E-state index contributed by atoms with van der Waals surface area (Å²) in [5, 5.41) is 2.45. The Hall–Kier alpha value is -3.26. The second-order valence-corrected chi connectivity index (χ2v) is 8.22. The lowest BCUT2D eigenvalue weighted by Gasteiger charge is -2.11. The van der Waals surface area contributed by atoms with Crippen molar-refractivity contribution >= 4 is 27.3 Å². The average Bonchev–Trinajstić information content (AvgIpc) is 2.66. The number of rotatable bonds is 5. The molecule has 0 atom stereocenters. The van der Waals surface area contributed by atoms with E-state index in [0.29, 0.717) is 11.1 Å². The molecule has 150 valence electrons. The summed E-state index contributed by atoms with van der Waals surface area (Å²) >= 11 is 0. The first-order valence-corrected chi connectivity index (χ1v) is 10.1. The summed E-state index contributed by atoms with van der Waals surface area (Å²) in [5.41, 5.74) is 1.29. The number of sulfonamides is 1. The highest BCUT2D eigenvalue weighted by molar-refractivity contribution is 7.92. The third kappa shape index (κ3) is 4.78. The molecule has 3 aromatic rings. The van der Waals surface area contributed by atoms with Gasteiger partial charge in [0.15, 0.2) is 0 Å². The summed E-state index contributed by atoms with van der Waals surface area (Å²) in [6.45, 7) is 3.25. The minimum Gasteiger partial charge on any atom is -0.319 e. The van der Waals surface area contributed by atoms with Crippen LogP contribution < -0.4 is 10.0 Å². The number of carbonyl (C=O) groups excluding carboxylic acids is 1. The summed E-state index contributed by atoms with van der Waals surface area (Å²) in [4.78, 5) is 12.2. The lowest BCUT2D eigenvalue weighted by molar-refractivity contribution is 0.102. The van der Waals surface area contributed by atoms with E-state index >= 15 is 0 Å². The Morgan fingerprint density at radius 1 is 0.897 bits per heavy atom. The molecule has 3 rings (SSSR count). The normalized spacial score (nSPS) is 11.2. The molecule has 0 heterocycles. The van der Waals surface area contributed by atoms with E-state index in [1.165, 1.54) is 55.5 Å². The maximum absolute atomic E-state index is 13.9. The molecular formula is C21H18F2N2O3S. The predicted molar refractivity (Wildman–Crippen MR) is 107 cm³/mol. The third-order valence-electron chi connectivity index (χ3n) is 4.20. The number of carbonyl (C=O) groups is 1. The second-order valence-electron chi connectivity index (χ2n) is 6.53. The van der Waals surface area contributed by atoms with E-state index in [0.717, 1.165) is 6.07 Å². The fourth-order valence-corrected chi connectivity index (χ4v) is 3.66. The molecule has 3 aromatic carbocycles. The van der Waals surface area contributed by atoms with Gasteiger partial charge in [0.05, 0.1) is 10.6 Å². The van der Waals surface area contributed by atoms with E-state index in [-0.39, 0.29) is 21.8 Å². The fourth-order valence-electron chi connectivity index (χ4n) is 2.59. The van der Waals surface area contributed by atoms with Crippen molar-refractivity contribution in [3.8, 4) is 0 Å². The number of amides is 1. The van der Waals surface area contributed by atoms with Crippen LogP contribution in [0.2, 0.25) is 0 Å². The van der Waals surface area contributed by atoms with Crippen molar-refractivity contribution in [2.75, 3.05) is 10.0 Å². The van der Waals surface area contributed by atoms with E-state index in [1.54, 1.807) is 13.0 Å². The quantitative estimate of drug-likeness (QED) is 0.637. The lowest BCUT2D eigenvalue weighted by Crippen LogP contribution is -2.16. The van der Waals surface area contributed by atoms with Crippen LogP contribution in [0.4, 0.5) is 20.2 Å². The number of halogens is 2. The molecule has 5 nitrogen and oxygen atoms in total. The van der Waals surface area contributed by atoms with Gasteiger partial charge in [-0.25, -0.2) is 17.2 Å². The second kappa shape index (κ2) is 8.00. The van der Waals surface area contributed by atoms with Gasteiger partial charge in [-0.1, -0.05) is 18.2 Å². The first-order valence-electron chi connectivity index (χ1n) is 8.62. The molecule has 0 aromatic heterocycles. The molecular weight excluding hydrogens is 398 g/mol. The van der Waals surface area contributed by atoms with Crippen LogP contribution in [-0.4, -0.2) is 14.3 Å². The number of benzene rings is 3. The molecule has 2 N–H and O–H groups in total. The zero-order valence-electron chi connectivity index (χ0n) is 15.7. The highest BCUT2D eigenvalue weighted by atomic mass is 32.2. The number of nitrogens with one attached hydrogen (secondary N) is 2. The van der Waals surface area contributed by atoms with Crippen molar-refractivity contribution in [3.63, 3.8) is 0 Å². The van der Waals surface area contributed by atoms with Crippen molar-refractivity contribution in [1.29, 1.82) is 0 Å². The Morgan fingerprint density at radius 2 is 1.66 bits per heavy atom. The Morgan fingerprint density at radius 3 is 2.34 bits per heavy atom. The van der Waals surface area contributed by atoms with E-state index in [1.807, 2.05) is 0 Å². The van der Waals surface area contributed by atoms with Crippen LogP contribution in [0.1, 0.15) is 21.5 Å². The molecule has 0 aliphatic rings. The lowest BCUT2D eigenvalue weighted by atomic mass is 10.1. The standard InChI is InChI=1S/C21H18F2N2O3S/c1-13-6-9-20(19(23)10-13)24-21(26)15-4-3-5-16(11-15)25-29(27,28)17-8-7-14(2)18(22)12-17/h3-12,25H,1-2H3,(H,24,26). The van der Waals surface area contributed by atoms with Gasteiger partial charge in [-0.2, -0.15) is 0 Å². The summed E-state index contributed by atoms with van der Waals surface area (Å²) < 4.78 is 54.9. The van der Waals surface area contributed by atoms with Crippen molar-refractivity contribution in [2.24, 2.45) is 0 Å². The number of hydrogen-bond donors (Lipinski definition) is 2. The van der Waals surface area contributed by atoms with E-state index < -0.39 is 27.6 Å². The van der Waals surface area contributed by atoms with Gasteiger partial charge in [-0.3, -0.25) is 9.52 Å². The molecule has 0 saturated heterocycles. The molecule has 0 aliphatic carbocycles. The minimum atomic E-state index is -4.05. The minimum absolute atomic E-state index is 0.0155. The fraction of sp³-hybridized carbons (Fsp3) is 0.0952. The van der Waals surface area contributed by atoms with Gasteiger partial charge in [0.25, 0.3) is 15.9 Å². The van der Waals surface area contributed by atoms with Crippen molar-refractivity contribution in [1.82, 2.24) is 0 Å². The molecule has 1 amide bonds. The molecule has 0 spiro atoms. The van der Waals surface area contributed by atoms with Gasteiger partial charge in [0, 0.05) is 11.3 Å².